The van der Waals surface area contributed by atoms with Crippen LogP contribution in [0.4, 0.5) is 0 Å². The summed E-state index contributed by atoms with van der Waals surface area (Å²) in [4.78, 5) is 0. The van der Waals surface area contributed by atoms with Gasteiger partial charge in [0.05, 0.1) is 7.11 Å². The standard InChI is InChI=1S/C16H18ClNO/c1-12(14-6-8-16(19-2)9-7-14)18-11-13-4-3-5-15(17)10-13/h3-10,12,18H,11H2,1-2H3/t12-/m0/s1. The van der Waals surface area contributed by atoms with E-state index in [-0.39, 0.29) is 6.04 Å². The van der Waals surface area contributed by atoms with Crippen LogP contribution in [0.1, 0.15) is 24.1 Å². The highest BCUT2D eigenvalue weighted by Crippen LogP contribution is 2.18. The Morgan fingerprint density at radius 2 is 1.89 bits per heavy atom. The molecular formula is C16H18ClNO. The molecule has 0 fully saturated rings. The molecule has 0 unspecified atom stereocenters. The summed E-state index contributed by atoms with van der Waals surface area (Å²) >= 11 is 5.97. The van der Waals surface area contributed by atoms with Crippen LogP contribution >= 0.6 is 11.6 Å². The molecule has 0 radical (unpaired) electrons. The topological polar surface area (TPSA) is 21.3 Å². The van der Waals surface area contributed by atoms with Crippen molar-refractivity contribution in [3.8, 4) is 5.75 Å². The molecule has 0 spiro atoms. The maximum absolute atomic E-state index is 5.97. The first-order valence-corrected chi connectivity index (χ1v) is 6.68. The molecule has 100 valence electrons. The lowest BCUT2D eigenvalue weighted by Gasteiger charge is -2.15. The summed E-state index contributed by atoms with van der Waals surface area (Å²) in [5.74, 6) is 0.880. The van der Waals surface area contributed by atoms with Crippen LogP contribution in [0.25, 0.3) is 0 Å². The minimum Gasteiger partial charge on any atom is -0.497 e. The summed E-state index contributed by atoms with van der Waals surface area (Å²) in [5.41, 5.74) is 2.43. The van der Waals surface area contributed by atoms with Crippen molar-refractivity contribution < 1.29 is 4.74 Å². The van der Waals surface area contributed by atoms with Gasteiger partial charge >= 0.3 is 0 Å². The Labute approximate surface area is 119 Å². The molecule has 2 aromatic carbocycles. The zero-order chi connectivity index (χ0) is 13.7. The molecule has 0 heterocycles. The van der Waals surface area contributed by atoms with Gasteiger partial charge in [0, 0.05) is 17.6 Å². The van der Waals surface area contributed by atoms with Crippen LogP contribution in [0.5, 0.6) is 5.75 Å². The normalized spacial score (nSPS) is 12.2. The lowest BCUT2D eigenvalue weighted by molar-refractivity contribution is 0.414. The molecule has 19 heavy (non-hydrogen) atoms. The van der Waals surface area contributed by atoms with Crippen LogP contribution in [0.2, 0.25) is 5.02 Å². The van der Waals surface area contributed by atoms with Gasteiger partial charge in [0.1, 0.15) is 5.75 Å². The van der Waals surface area contributed by atoms with Crippen molar-refractivity contribution in [2.75, 3.05) is 7.11 Å². The average Bonchev–Trinajstić information content (AvgIpc) is 2.45. The highest BCUT2D eigenvalue weighted by Gasteiger charge is 2.05. The molecule has 0 aliphatic heterocycles. The maximum Gasteiger partial charge on any atom is 0.118 e. The highest BCUT2D eigenvalue weighted by atomic mass is 35.5. The van der Waals surface area contributed by atoms with Crippen molar-refractivity contribution >= 4 is 11.6 Å². The van der Waals surface area contributed by atoms with Crippen LogP contribution in [-0.2, 0) is 6.54 Å². The van der Waals surface area contributed by atoms with Crippen LogP contribution in [-0.4, -0.2) is 7.11 Å². The SMILES string of the molecule is COc1ccc([C@H](C)NCc2cccc(Cl)c2)cc1. The van der Waals surface area contributed by atoms with E-state index in [0.29, 0.717) is 0 Å². The summed E-state index contributed by atoms with van der Waals surface area (Å²) in [7, 11) is 1.68. The summed E-state index contributed by atoms with van der Waals surface area (Å²) in [6.45, 7) is 2.94. The summed E-state index contributed by atoms with van der Waals surface area (Å²) in [6.07, 6.45) is 0. The van der Waals surface area contributed by atoms with Gasteiger partial charge in [-0.2, -0.15) is 0 Å². The van der Waals surface area contributed by atoms with E-state index in [1.807, 2.05) is 30.3 Å². The van der Waals surface area contributed by atoms with Gasteiger partial charge in [0.15, 0.2) is 0 Å². The molecule has 2 aromatic rings. The third kappa shape index (κ3) is 3.98. The van der Waals surface area contributed by atoms with Gasteiger partial charge in [0.2, 0.25) is 0 Å². The number of hydrogen-bond acceptors (Lipinski definition) is 2. The van der Waals surface area contributed by atoms with Crippen LogP contribution in [0, 0.1) is 0 Å². The third-order valence-corrected chi connectivity index (χ3v) is 3.35. The molecule has 0 aromatic heterocycles. The number of methoxy groups -OCH3 is 1. The van der Waals surface area contributed by atoms with Gasteiger partial charge in [0.25, 0.3) is 0 Å². The Kier molecular flexibility index (Phi) is 4.83. The second-order valence-electron chi connectivity index (χ2n) is 4.51. The molecule has 0 aliphatic carbocycles. The van der Waals surface area contributed by atoms with Crippen molar-refractivity contribution in [2.24, 2.45) is 0 Å². The van der Waals surface area contributed by atoms with E-state index >= 15 is 0 Å². The van der Waals surface area contributed by atoms with Crippen LogP contribution in [0.15, 0.2) is 48.5 Å². The predicted molar refractivity (Wildman–Crippen MR) is 79.7 cm³/mol. The maximum atomic E-state index is 5.97. The van der Waals surface area contributed by atoms with E-state index in [1.165, 1.54) is 11.1 Å². The second kappa shape index (κ2) is 6.60. The van der Waals surface area contributed by atoms with E-state index in [2.05, 4.69) is 30.4 Å². The van der Waals surface area contributed by atoms with E-state index < -0.39 is 0 Å². The first-order valence-electron chi connectivity index (χ1n) is 6.31. The molecule has 0 saturated heterocycles. The zero-order valence-electron chi connectivity index (χ0n) is 11.2. The molecule has 0 aliphatic rings. The van der Waals surface area contributed by atoms with Gasteiger partial charge in [-0.3, -0.25) is 0 Å². The Morgan fingerprint density at radius 3 is 2.53 bits per heavy atom. The first kappa shape index (κ1) is 13.9. The minimum absolute atomic E-state index is 0.282. The van der Waals surface area contributed by atoms with Crippen molar-refractivity contribution in [3.63, 3.8) is 0 Å². The number of rotatable bonds is 5. The average molecular weight is 276 g/mol. The molecule has 2 rings (SSSR count). The Morgan fingerprint density at radius 1 is 1.16 bits per heavy atom. The minimum atomic E-state index is 0.282. The van der Waals surface area contributed by atoms with Crippen LogP contribution < -0.4 is 10.1 Å². The monoisotopic (exact) mass is 275 g/mol. The highest BCUT2D eigenvalue weighted by molar-refractivity contribution is 6.30. The zero-order valence-corrected chi connectivity index (χ0v) is 11.9. The van der Waals surface area contributed by atoms with Crippen molar-refractivity contribution in [2.45, 2.75) is 19.5 Å². The number of hydrogen-bond donors (Lipinski definition) is 1. The Bertz CT molecular complexity index is 525. The van der Waals surface area contributed by atoms with Crippen molar-refractivity contribution in [1.82, 2.24) is 5.32 Å². The molecule has 3 heteroatoms. The summed E-state index contributed by atoms with van der Waals surface area (Å²) in [6, 6.07) is 16.3. The molecule has 1 atom stereocenters. The third-order valence-electron chi connectivity index (χ3n) is 3.12. The Balaban J connectivity index is 1.95. The molecule has 0 bridgehead atoms. The van der Waals surface area contributed by atoms with Gasteiger partial charge < -0.3 is 10.1 Å². The quantitative estimate of drug-likeness (QED) is 0.883. The van der Waals surface area contributed by atoms with Crippen LogP contribution in [0.3, 0.4) is 0 Å². The summed E-state index contributed by atoms with van der Waals surface area (Å²) in [5, 5.41) is 4.25. The van der Waals surface area contributed by atoms with E-state index in [1.54, 1.807) is 7.11 Å². The van der Waals surface area contributed by atoms with Crippen molar-refractivity contribution in [1.29, 1.82) is 0 Å². The van der Waals surface area contributed by atoms with E-state index in [4.69, 9.17) is 16.3 Å². The Hall–Kier alpha value is -1.51. The van der Waals surface area contributed by atoms with Gasteiger partial charge in [-0.15, -0.1) is 0 Å². The summed E-state index contributed by atoms with van der Waals surface area (Å²) < 4.78 is 5.16. The molecule has 0 amide bonds. The number of ether oxygens (including phenoxy) is 1. The smallest absolute Gasteiger partial charge is 0.118 e. The van der Waals surface area contributed by atoms with E-state index in [9.17, 15) is 0 Å². The largest absolute Gasteiger partial charge is 0.497 e. The van der Waals surface area contributed by atoms with E-state index in [0.717, 1.165) is 17.3 Å². The number of nitrogens with one attached hydrogen (secondary N) is 1. The van der Waals surface area contributed by atoms with Gasteiger partial charge in [-0.05, 0) is 42.3 Å². The fraction of sp³-hybridized carbons (Fsp3) is 0.250. The lowest BCUT2D eigenvalue weighted by atomic mass is 10.1. The fourth-order valence-electron chi connectivity index (χ4n) is 1.93. The number of benzene rings is 2. The molecular weight excluding hydrogens is 258 g/mol. The molecule has 0 saturated carbocycles. The van der Waals surface area contributed by atoms with Crippen molar-refractivity contribution in [3.05, 3.63) is 64.7 Å². The second-order valence-corrected chi connectivity index (χ2v) is 4.94. The van der Waals surface area contributed by atoms with Gasteiger partial charge in [-0.1, -0.05) is 35.9 Å². The van der Waals surface area contributed by atoms with Gasteiger partial charge in [-0.25, -0.2) is 0 Å². The molecule has 2 nitrogen and oxygen atoms in total. The lowest BCUT2D eigenvalue weighted by Crippen LogP contribution is -2.17. The first-order chi connectivity index (χ1) is 9.19. The fourth-order valence-corrected chi connectivity index (χ4v) is 2.14. The predicted octanol–water partition coefficient (Wildman–Crippen LogP) is 4.20. The number of halogens is 1. The molecule has 1 N–H and O–H groups in total.